The smallest absolute Gasteiger partial charge is 0.337 e. The largest absolute Gasteiger partial charge is 0.465 e. The molecule has 0 saturated heterocycles. The van der Waals surface area contributed by atoms with E-state index < -0.39 is 5.97 Å². The van der Waals surface area contributed by atoms with E-state index in [2.05, 4.69) is 19.2 Å². The van der Waals surface area contributed by atoms with Gasteiger partial charge >= 0.3 is 5.97 Å². The van der Waals surface area contributed by atoms with E-state index in [4.69, 9.17) is 4.74 Å². The molecule has 0 saturated carbocycles. The van der Waals surface area contributed by atoms with Crippen molar-refractivity contribution in [1.82, 2.24) is 0 Å². The van der Waals surface area contributed by atoms with Gasteiger partial charge in [-0.05, 0) is 54.7 Å². The first kappa shape index (κ1) is 17.7. The zero-order chi connectivity index (χ0) is 17.7. The third-order valence-corrected chi connectivity index (χ3v) is 3.77. The molecule has 1 N–H and O–H groups in total. The molecule has 0 fully saturated rings. The molecule has 0 spiro atoms. The molecule has 0 bridgehead atoms. The topological polar surface area (TPSA) is 55.4 Å². The van der Waals surface area contributed by atoms with Gasteiger partial charge in [-0.25, -0.2) is 4.79 Å². The van der Waals surface area contributed by atoms with Gasteiger partial charge in [-0.1, -0.05) is 32.0 Å². The van der Waals surface area contributed by atoms with E-state index in [1.165, 1.54) is 12.7 Å². The summed E-state index contributed by atoms with van der Waals surface area (Å²) < 4.78 is 4.71. The second-order valence-corrected chi connectivity index (χ2v) is 6.27. The zero-order valence-corrected chi connectivity index (χ0v) is 14.6. The van der Waals surface area contributed by atoms with E-state index in [-0.39, 0.29) is 5.91 Å². The number of hydrogen-bond donors (Lipinski definition) is 1. The highest BCUT2D eigenvalue weighted by Gasteiger charge is 2.12. The maximum atomic E-state index is 12.4. The summed E-state index contributed by atoms with van der Waals surface area (Å²) >= 11 is 0. The lowest BCUT2D eigenvalue weighted by Gasteiger charge is -2.11. The fraction of sp³-hybridized carbons (Fsp3) is 0.300. The van der Waals surface area contributed by atoms with Crippen molar-refractivity contribution in [2.45, 2.75) is 27.2 Å². The summed E-state index contributed by atoms with van der Waals surface area (Å²) in [6.07, 6.45) is 0.988. The predicted octanol–water partition coefficient (Wildman–Crippen LogP) is 4.23. The van der Waals surface area contributed by atoms with Gasteiger partial charge in [0.05, 0.1) is 12.7 Å². The van der Waals surface area contributed by atoms with Crippen LogP contribution < -0.4 is 5.32 Å². The van der Waals surface area contributed by atoms with Crippen molar-refractivity contribution in [2.24, 2.45) is 5.92 Å². The van der Waals surface area contributed by atoms with Crippen molar-refractivity contribution in [3.8, 4) is 0 Å². The van der Waals surface area contributed by atoms with Crippen LogP contribution in [0, 0.1) is 12.8 Å². The van der Waals surface area contributed by atoms with Crippen LogP contribution in [0.4, 0.5) is 5.69 Å². The van der Waals surface area contributed by atoms with E-state index in [0.29, 0.717) is 22.7 Å². The Morgan fingerprint density at radius 2 is 1.67 bits per heavy atom. The minimum atomic E-state index is -0.427. The highest BCUT2D eigenvalue weighted by molar-refractivity contribution is 6.05. The molecule has 0 aromatic heterocycles. The van der Waals surface area contributed by atoms with E-state index in [1.807, 2.05) is 31.2 Å². The first-order chi connectivity index (χ1) is 11.4. The molecular weight excluding hydrogens is 302 g/mol. The van der Waals surface area contributed by atoms with Crippen molar-refractivity contribution in [1.29, 1.82) is 0 Å². The Kier molecular flexibility index (Phi) is 5.74. The summed E-state index contributed by atoms with van der Waals surface area (Å²) in [6.45, 7) is 6.21. The van der Waals surface area contributed by atoms with Gasteiger partial charge < -0.3 is 10.1 Å². The van der Waals surface area contributed by atoms with Gasteiger partial charge in [-0.3, -0.25) is 4.79 Å². The maximum absolute atomic E-state index is 12.4. The Labute approximate surface area is 142 Å². The third kappa shape index (κ3) is 4.44. The van der Waals surface area contributed by atoms with Crippen molar-refractivity contribution in [3.63, 3.8) is 0 Å². The molecule has 0 atom stereocenters. The number of esters is 1. The summed E-state index contributed by atoms with van der Waals surface area (Å²) in [5, 5.41) is 2.86. The van der Waals surface area contributed by atoms with Gasteiger partial charge in [0.25, 0.3) is 5.91 Å². The number of ether oxygens (including phenoxy) is 1. The zero-order valence-electron chi connectivity index (χ0n) is 14.6. The molecule has 4 heteroatoms. The van der Waals surface area contributed by atoms with Crippen LogP contribution in [0.25, 0.3) is 0 Å². The van der Waals surface area contributed by atoms with E-state index >= 15 is 0 Å². The predicted molar refractivity (Wildman–Crippen MR) is 95.5 cm³/mol. The Morgan fingerprint density at radius 3 is 2.25 bits per heavy atom. The molecule has 0 aliphatic rings. The quantitative estimate of drug-likeness (QED) is 0.837. The lowest BCUT2D eigenvalue weighted by atomic mass is 10.0. The maximum Gasteiger partial charge on any atom is 0.337 e. The van der Waals surface area contributed by atoms with Crippen LogP contribution in [-0.4, -0.2) is 19.0 Å². The number of benzene rings is 2. The molecule has 0 aliphatic carbocycles. The fourth-order valence-electron chi connectivity index (χ4n) is 2.46. The van der Waals surface area contributed by atoms with Crippen LogP contribution >= 0.6 is 0 Å². The number of amides is 1. The number of hydrogen-bond acceptors (Lipinski definition) is 3. The molecule has 126 valence electrons. The number of methoxy groups -OCH3 is 1. The average Bonchev–Trinajstić information content (AvgIpc) is 2.56. The highest BCUT2D eigenvalue weighted by atomic mass is 16.5. The number of anilines is 1. The molecule has 0 radical (unpaired) electrons. The van der Waals surface area contributed by atoms with Gasteiger partial charge in [0.15, 0.2) is 0 Å². The fourth-order valence-corrected chi connectivity index (χ4v) is 2.46. The number of rotatable bonds is 5. The first-order valence-corrected chi connectivity index (χ1v) is 8.00. The van der Waals surface area contributed by atoms with Crippen LogP contribution in [0.15, 0.2) is 42.5 Å². The van der Waals surface area contributed by atoms with Gasteiger partial charge in [-0.2, -0.15) is 0 Å². The Bertz CT molecular complexity index is 733. The molecule has 0 aliphatic heterocycles. The van der Waals surface area contributed by atoms with Gasteiger partial charge in [-0.15, -0.1) is 0 Å². The number of nitrogens with one attached hydrogen (secondary N) is 1. The van der Waals surface area contributed by atoms with Gasteiger partial charge in [0, 0.05) is 11.3 Å². The average molecular weight is 325 g/mol. The van der Waals surface area contributed by atoms with Crippen LogP contribution in [-0.2, 0) is 11.2 Å². The number of carbonyl (C=O) groups excluding carboxylic acids is 2. The van der Waals surface area contributed by atoms with E-state index in [0.717, 1.165) is 12.0 Å². The molecule has 2 aromatic rings. The van der Waals surface area contributed by atoms with Crippen LogP contribution in [0.5, 0.6) is 0 Å². The van der Waals surface area contributed by atoms with Crippen molar-refractivity contribution >= 4 is 17.6 Å². The first-order valence-electron chi connectivity index (χ1n) is 8.00. The van der Waals surface area contributed by atoms with Crippen molar-refractivity contribution < 1.29 is 14.3 Å². The SMILES string of the molecule is COC(=O)c1ccc(C)c(NC(=O)c2ccc(CC(C)C)cc2)c1. The summed E-state index contributed by atoms with van der Waals surface area (Å²) in [4.78, 5) is 24.0. The molecule has 2 aromatic carbocycles. The number of aryl methyl sites for hydroxylation is 1. The highest BCUT2D eigenvalue weighted by Crippen LogP contribution is 2.19. The second-order valence-electron chi connectivity index (χ2n) is 6.27. The summed E-state index contributed by atoms with van der Waals surface area (Å²) in [5.41, 5.74) is 3.70. The Balaban J connectivity index is 2.15. The van der Waals surface area contributed by atoms with Crippen LogP contribution in [0.3, 0.4) is 0 Å². The van der Waals surface area contributed by atoms with Gasteiger partial charge in [0.2, 0.25) is 0 Å². The normalized spacial score (nSPS) is 10.5. The Hall–Kier alpha value is -2.62. The standard InChI is InChI=1S/C20H23NO3/c1-13(2)11-15-6-9-16(10-7-15)19(22)21-18-12-17(20(23)24-4)8-5-14(18)3/h5-10,12-13H,11H2,1-4H3,(H,21,22). The lowest BCUT2D eigenvalue weighted by Crippen LogP contribution is -2.13. The van der Waals surface area contributed by atoms with Crippen molar-refractivity contribution in [3.05, 3.63) is 64.7 Å². The minimum Gasteiger partial charge on any atom is -0.465 e. The lowest BCUT2D eigenvalue weighted by molar-refractivity contribution is 0.0600. The van der Waals surface area contributed by atoms with Gasteiger partial charge in [0.1, 0.15) is 0 Å². The minimum absolute atomic E-state index is 0.198. The molecular formula is C20H23NO3. The molecule has 0 heterocycles. The Morgan fingerprint density at radius 1 is 1.04 bits per heavy atom. The third-order valence-electron chi connectivity index (χ3n) is 3.77. The summed E-state index contributed by atoms with van der Waals surface area (Å²) in [7, 11) is 1.33. The molecule has 24 heavy (non-hydrogen) atoms. The molecule has 1 amide bonds. The van der Waals surface area contributed by atoms with Crippen LogP contribution in [0.1, 0.15) is 45.7 Å². The van der Waals surface area contributed by atoms with Crippen molar-refractivity contribution in [2.75, 3.05) is 12.4 Å². The molecule has 0 unspecified atom stereocenters. The monoisotopic (exact) mass is 325 g/mol. The number of carbonyl (C=O) groups is 2. The van der Waals surface area contributed by atoms with E-state index in [9.17, 15) is 9.59 Å². The molecule has 2 rings (SSSR count). The van der Waals surface area contributed by atoms with Crippen LogP contribution in [0.2, 0.25) is 0 Å². The summed E-state index contributed by atoms with van der Waals surface area (Å²) in [5.74, 6) is -0.0480. The second kappa shape index (κ2) is 7.77. The van der Waals surface area contributed by atoms with E-state index in [1.54, 1.807) is 18.2 Å². The summed E-state index contributed by atoms with van der Waals surface area (Å²) in [6, 6.07) is 12.7. The molecule has 4 nitrogen and oxygen atoms in total.